The van der Waals surface area contributed by atoms with E-state index in [4.69, 9.17) is 0 Å². The minimum absolute atomic E-state index is 0.0935. The fraction of sp³-hybridized carbons (Fsp3) is 0.931. The van der Waals surface area contributed by atoms with Gasteiger partial charge in [-0.1, -0.05) is 39.8 Å². The van der Waals surface area contributed by atoms with Crippen LogP contribution < -0.4 is 0 Å². The van der Waals surface area contributed by atoms with Crippen molar-refractivity contribution in [3.8, 4) is 0 Å². The van der Waals surface area contributed by atoms with Gasteiger partial charge in [-0.2, -0.15) is 0 Å². The highest BCUT2D eigenvalue weighted by atomic mass is 16.3. The van der Waals surface area contributed by atoms with Gasteiger partial charge in [-0.25, -0.2) is 0 Å². The van der Waals surface area contributed by atoms with E-state index in [1.807, 2.05) is 0 Å². The summed E-state index contributed by atoms with van der Waals surface area (Å²) in [5.74, 6) is 3.87. The Balaban J connectivity index is 1.54. The number of hydrogen-bond donors (Lipinski definition) is 2. The molecule has 5 rings (SSSR count). The lowest BCUT2D eigenvalue weighted by atomic mass is 9.33. The number of rotatable bonds is 2. The number of fused-ring (bicyclic) bond motifs is 7. The smallest absolute Gasteiger partial charge is 0.0568 e. The quantitative estimate of drug-likeness (QED) is 0.486. The zero-order valence-corrected chi connectivity index (χ0v) is 20.9. The lowest BCUT2D eigenvalue weighted by molar-refractivity contribution is -0.237. The normalized spacial score (nSPS) is 58.6. The van der Waals surface area contributed by atoms with Gasteiger partial charge < -0.3 is 10.2 Å². The second kappa shape index (κ2) is 7.08. The molecule has 11 atom stereocenters. The summed E-state index contributed by atoms with van der Waals surface area (Å²) in [6.07, 6.45) is 12.4. The monoisotopic (exact) mass is 428 g/mol. The van der Waals surface area contributed by atoms with Crippen molar-refractivity contribution >= 4 is 0 Å². The lowest BCUT2D eigenvalue weighted by Gasteiger charge is -2.72. The van der Waals surface area contributed by atoms with Crippen LogP contribution in [0.4, 0.5) is 0 Å². The Labute approximate surface area is 191 Å². The minimum Gasteiger partial charge on any atom is -0.396 e. The molecular formula is C29H48O2. The van der Waals surface area contributed by atoms with Crippen molar-refractivity contribution in [2.45, 2.75) is 105 Å². The Morgan fingerprint density at radius 1 is 0.871 bits per heavy atom. The molecule has 1 unspecified atom stereocenters. The molecule has 0 aromatic heterocycles. The molecule has 5 aliphatic rings. The van der Waals surface area contributed by atoms with Crippen LogP contribution >= 0.6 is 0 Å². The van der Waals surface area contributed by atoms with Gasteiger partial charge in [0.2, 0.25) is 0 Å². The third-order valence-corrected chi connectivity index (χ3v) is 13.1. The van der Waals surface area contributed by atoms with Gasteiger partial charge in [-0.15, -0.1) is 0 Å². The Morgan fingerprint density at radius 3 is 2.29 bits per heavy atom. The summed E-state index contributed by atoms with van der Waals surface area (Å²) < 4.78 is 0. The molecule has 31 heavy (non-hydrogen) atoms. The molecule has 2 nitrogen and oxygen atoms in total. The molecule has 0 aliphatic heterocycles. The molecule has 5 fully saturated rings. The van der Waals surface area contributed by atoms with Crippen molar-refractivity contribution in [2.24, 2.45) is 57.2 Å². The molecule has 0 aromatic carbocycles. The zero-order chi connectivity index (χ0) is 22.4. The number of aliphatic hydroxyl groups excluding tert-OH is 2. The molecule has 0 heterocycles. The van der Waals surface area contributed by atoms with E-state index in [1.165, 1.54) is 63.4 Å². The molecular weight excluding hydrogens is 380 g/mol. The number of allylic oxidation sites excluding steroid dienone is 1. The first-order valence-electron chi connectivity index (χ1n) is 13.5. The van der Waals surface area contributed by atoms with Crippen molar-refractivity contribution in [2.75, 3.05) is 6.61 Å². The molecule has 176 valence electrons. The second-order valence-electron chi connectivity index (χ2n) is 13.7. The molecule has 0 aromatic rings. The second-order valence-corrected chi connectivity index (χ2v) is 13.7. The summed E-state index contributed by atoms with van der Waals surface area (Å²) in [7, 11) is 0. The van der Waals surface area contributed by atoms with Crippen molar-refractivity contribution in [1.29, 1.82) is 0 Å². The highest BCUT2D eigenvalue weighted by Gasteiger charge is 2.69. The highest BCUT2D eigenvalue weighted by Crippen LogP contribution is 2.76. The first-order valence-corrected chi connectivity index (χ1v) is 13.5. The lowest BCUT2D eigenvalue weighted by Crippen LogP contribution is -2.65. The summed E-state index contributed by atoms with van der Waals surface area (Å²) in [5.41, 5.74) is 2.65. The van der Waals surface area contributed by atoms with Crippen molar-refractivity contribution in [3.05, 3.63) is 12.2 Å². The Morgan fingerprint density at radius 2 is 1.61 bits per heavy atom. The van der Waals surface area contributed by atoms with Crippen LogP contribution in [0.5, 0.6) is 0 Å². The van der Waals surface area contributed by atoms with Crippen LogP contribution in [0.25, 0.3) is 0 Å². The van der Waals surface area contributed by atoms with Crippen LogP contribution in [0.2, 0.25) is 0 Å². The van der Waals surface area contributed by atoms with Gasteiger partial charge in [-0.05, 0) is 128 Å². The maximum Gasteiger partial charge on any atom is 0.0568 e. The van der Waals surface area contributed by atoms with E-state index < -0.39 is 0 Å². The van der Waals surface area contributed by atoms with Gasteiger partial charge in [0.15, 0.2) is 0 Å². The first kappa shape index (κ1) is 22.5. The summed E-state index contributed by atoms with van der Waals surface area (Å²) in [4.78, 5) is 0. The fourth-order valence-corrected chi connectivity index (χ4v) is 11.2. The predicted molar refractivity (Wildman–Crippen MR) is 127 cm³/mol. The minimum atomic E-state index is -0.0935. The van der Waals surface area contributed by atoms with E-state index in [9.17, 15) is 10.2 Å². The van der Waals surface area contributed by atoms with Crippen molar-refractivity contribution < 1.29 is 10.2 Å². The van der Waals surface area contributed by atoms with E-state index >= 15 is 0 Å². The summed E-state index contributed by atoms with van der Waals surface area (Å²) in [6.45, 7) is 17.3. The molecule has 5 saturated carbocycles. The maximum atomic E-state index is 10.6. The van der Waals surface area contributed by atoms with E-state index in [1.54, 1.807) is 0 Å². The standard InChI is InChI=1S/C29H48O2/c1-18(2)20-9-14-29(17-30)16-15-27(5)22(25(20)29)7-8-24-26(4)12-11-23(31)19(3)21(26)10-13-28(24,27)6/h19-25,30-31H,1,7-17H2,2-6H3/t19-,20?,21+,22-,23+,24-,25-,26+,27-,28-,29-/m1/s1. The van der Waals surface area contributed by atoms with Crippen LogP contribution in [0.1, 0.15) is 98.8 Å². The highest BCUT2D eigenvalue weighted by molar-refractivity contribution is 5.20. The number of hydrogen-bond acceptors (Lipinski definition) is 2. The van der Waals surface area contributed by atoms with Crippen molar-refractivity contribution in [1.82, 2.24) is 0 Å². The van der Waals surface area contributed by atoms with E-state index in [-0.39, 0.29) is 11.5 Å². The molecule has 5 aliphatic carbocycles. The summed E-state index contributed by atoms with van der Waals surface area (Å²) in [5, 5.41) is 21.3. The van der Waals surface area contributed by atoms with Crippen LogP contribution in [0.3, 0.4) is 0 Å². The third-order valence-electron chi connectivity index (χ3n) is 13.1. The largest absolute Gasteiger partial charge is 0.396 e. The summed E-state index contributed by atoms with van der Waals surface area (Å²) >= 11 is 0. The van der Waals surface area contributed by atoms with Crippen LogP contribution in [0.15, 0.2) is 12.2 Å². The van der Waals surface area contributed by atoms with Gasteiger partial charge in [0, 0.05) is 6.61 Å². The van der Waals surface area contributed by atoms with Crippen LogP contribution in [-0.2, 0) is 0 Å². The SMILES string of the molecule is C=C(C)C1CC[C@]2(CO)CC[C@]3(C)[C@H](CC[C@@H]4[C@@]5(C)CC[C@H](O)[C@H](C)[C@@H]5CC[C@]43C)[C@@H]12. The van der Waals surface area contributed by atoms with Crippen LogP contribution in [0, 0.1) is 57.2 Å². The predicted octanol–water partition coefficient (Wildman–Crippen LogP) is 6.61. The third kappa shape index (κ3) is 2.70. The molecule has 0 radical (unpaired) electrons. The van der Waals surface area contributed by atoms with E-state index in [2.05, 4.69) is 41.2 Å². The van der Waals surface area contributed by atoms with Gasteiger partial charge in [0.25, 0.3) is 0 Å². The van der Waals surface area contributed by atoms with Gasteiger partial charge in [0.05, 0.1) is 6.10 Å². The average Bonchev–Trinajstić information content (AvgIpc) is 3.12. The number of aliphatic hydroxyl groups is 2. The van der Waals surface area contributed by atoms with Gasteiger partial charge in [-0.3, -0.25) is 0 Å². The Kier molecular flexibility index (Phi) is 5.13. The topological polar surface area (TPSA) is 40.5 Å². The van der Waals surface area contributed by atoms with Gasteiger partial charge >= 0.3 is 0 Å². The van der Waals surface area contributed by atoms with E-state index in [0.717, 1.165) is 18.3 Å². The summed E-state index contributed by atoms with van der Waals surface area (Å²) in [6, 6.07) is 0. The molecule has 0 spiro atoms. The first-order chi connectivity index (χ1) is 14.5. The average molecular weight is 429 g/mol. The maximum absolute atomic E-state index is 10.6. The zero-order valence-electron chi connectivity index (χ0n) is 20.9. The van der Waals surface area contributed by atoms with Crippen molar-refractivity contribution in [3.63, 3.8) is 0 Å². The fourth-order valence-electron chi connectivity index (χ4n) is 11.2. The van der Waals surface area contributed by atoms with Crippen LogP contribution in [-0.4, -0.2) is 22.9 Å². The molecule has 0 saturated heterocycles. The van der Waals surface area contributed by atoms with E-state index in [0.29, 0.717) is 46.5 Å². The Bertz CT molecular complexity index is 745. The molecule has 2 N–H and O–H groups in total. The molecule has 2 heteroatoms. The molecule has 0 bridgehead atoms. The Hall–Kier alpha value is -0.340. The molecule has 0 amide bonds. The van der Waals surface area contributed by atoms with Gasteiger partial charge in [0.1, 0.15) is 0 Å².